The number of hydrogen-bond donors (Lipinski definition) is 0. The van der Waals surface area contributed by atoms with Gasteiger partial charge in [0.2, 0.25) is 0 Å². The summed E-state index contributed by atoms with van der Waals surface area (Å²) in [7, 11) is 0. The van der Waals surface area contributed by atoms with Gasteiger partial charge in [-0.2, -0.15) is 0 Å². The third-order valence-corrected chi connectivity index (χ3v) is 2.10. The van der Waals surface area contributed by atoms with E-state index in [-0.39, 0.29) is 11.7 Å². The van der Waals surface area contributed by atoms with Crippen LogP contribution in [0.15, 0.2) is 43.5 Å². The van der Waals surface area contributed by atoms with Crippen LogP contribution in [0.1, 0.15) is 31.7 Å². The van der Waals surface area contributed by atoms with Gasteiger partial charge in [-0.3, -0.25) is 4.79 Å². The van der Waals surface area contributed by atoms with Crippen LogP contribution in [-0.2, 0) is 4.79 Å². The summed E-state index contributed by atoms with van der Waals surface area (Å²) in [5.41, 5.74) is 1.13. The number of carbonyl (C=O) groups is 1. The first kappa shape index (κ1) is 12.6. The summed E-state index contributed by atoms with van der Waals surface area (Å²) in [6.07, 6.45) is 0.888. The van der Waals surface area contributed by atoms with Crippen LogP contribution < -0.4 is 0 Å². The van der Waals surface area contributed by atoms with Gasteiger partial charge in [0.05, 0.1) is 0 Å². The van der Waals surface area contributed by atoms with E-state index in [1.54, 1.807) is 6.92 Å². The molecule has 1 nitrogen and oxygen atoms in total. The molecule has 0 N–H and O–H groups in total. The molecule has 76 valence electrons. The van der Waals surface area contributed by atoms with Gasteiger partial charge in [-0.05, 0) is 18.9 Å². The quantitative estimate of drug-likeness (QED) is 0.666. The Morgan fingerprint density at radius 2 is 1.79 bits per heavy atom. The van der Waals surface area contributed by atoms with Crippen molar-refractivity contribution in [3.63, 3.8) is 0 Å². The first-order chi connectivity index (χ1) is 6.75. The van der Waals surface area contributed by atoms with Gasteiger partial charge in [0, 0.05) is 5.92 Å². The van der Waals surface area contributed by atoms with Crippen LogP contribution in [0, 0.1) is 0 Å². The molecule has 1 rings (SSSR count). The minimum atomic E-state index is 0.0891. The Labute approximate surface area is 86.5 Å². The topological polar surface area (TPSA) is 17.1 Å². The van der Waals surface area contributed by atoms with Crippen molar-refractivity contribution in [3.8, 4) is 0 Å². The number of ketones is 1. The summed E-state index contributed by atoms with van der Waals surface area (Å²) in [6.45, 7) is 9.69. The highest BCUT2D eigenvalue weighted by molar-refractivity contribution is 5.83. The molecule has 0 fully saturated rings. The predicted octanol–water partition coefficient (Wildman–Crippen LogP) is 3.57. The Bertz CT molecular complexity index is 264. The molecule has 0 spiro atoms. The fraction of sp³-hybridized carbons (Fsp3) is 0.308. The fourth-order valence-electron chi connectivity index (χ4n) is 1.44. The number of rotatable bonds is 3. The third-order valence-electron chi connectivity index (χ3n) is 2.10. The molecular formula is C13H18O. The lowest BCUT2D eigenvalue weighted by atomic mass is 9.93. The monoisotopic (exact) mass is 190 g/mol. The SMILES string of the molecule is C=C.CCC(C(C)=O)c1ccccc1. The minimum Gasteiger partial charge on any atom is -0.299 e. The van der Waals surface area contributed by atoms with E-state index in [0.29, 0.717) is 0 Å². The third kappa shape index (κ3) is 3.56. The number of Topliss-reactive ketones (excluding diaryl/α,β-unsaturated/α-hetero) is 1. The molecule has 14 heavy (non-hydrogen) atoms. The zero-order valence-electron chi connectivity index (χ0n) is 8.99. The highest BCUT2D eigenvalue weighted by Gasteiger charge is 2.12. The van der Waals surface area contributed by atoms with Gasteiger partial charge in [-0.1, -0.05) is 37.3 Å². The normalized spacial score (nSPS) is 11.0. The molecule has 0 bridgehead atoms. The van der Waals surface area contributed by atoms with E-state index in [2.05, 4.69) is 13.2 Å². The summed E-state index contributed by atoms with van der Waals surface area (Å²) < 4.78 is 0. The standard InChI is InChI=1S/C11H14O.C2H4/c1-3-11(9(2)12)10-7-5-4-6-8-10;1-2/h4-8,11H,3H2,1-2H3;1-2H2. The largest absolute Gasteiger partial charge is 0.299 e. The maximum absolute atomic E-state index is 11.2. The molecule has 1 atom stereocenters. The number of hydrogen-bond acceptors (Lipinski definition) is 1. The van der Waals surface area contributed by atoms with Crippen molar-refractivity contribution in [1.82, 2.24) is 0 Å². The average Bonchev–Trinajstić information content (AvgIpc) is 2.23. The molecule has 1 unspecified atom stereocenters. The van der Waals surface area contributed by atoms with Gasteiger partial charge in [0.25, 0.3) is 0 Å². The van der Waals surface area contributed by atoms with E-state index in [4.69, 9.17) is 0 Å². The lowest BCUT2D eigenvalue weighted by molar-refractivity contribution is -0.118. The van der Waals surface area contributed by atoms with Gasteiger partial charge in [-0.25, -0.2) is 0 Å². The molecule has 0 aromatic heterocycles. The lowest BCUT2D eigenvalue weighted by Crippen LogP contribution is -2.06. The number of carbonyl (C=O) groups excluding carboxylic acids is 1. The van der Waals surface area contributed by atoms with Crippen LogP contribution in [0.25, 0.3) is 0 Å². The fourth-order valence-corrected chi connectivity index (χ4v) is 1.44. The average molecular weight is 190 g/mol. The van der Waals surface area contributed by atoms with Gasteiger partial charge in [0.15, 0.2) is 0 Å². The van der Waals surface area contributed by atoms with E-state index in [0.717, 1.165) is 12.0 Å². The van der Waals surface area contributed by atoms with Gasteiger partial charge >= 0.3 is 0 Å². The Kier molecular flexibility index (Phi) is 6.38. The second-order valence-corrected chi connectivity index (χ2v) is 2.98. The Hall–Kier alpha value is -1.37. The Balaban J connectivity index is 0.000000791. The van der Waals surface area contributed by atoms with Crippen LogP contribution in [-0.4, -0.2) is 5.78 Å². The van der Waals surface area contributed by atoms with Crippen molar-refractivity contribution in [2.45, 2.75) is 26.2 Å². The van der Waals surface area contributed by atoms with Crippen molar-refractivity contribution >= 4 is 5.78 Å². The number of benzene rings is 1. The minimum absolute atomic E-state index is 0.0891. The molecule has 1 heteroatoms. The molecule has 0 amide bonds. The Morgan fingerprint density at radius 1 is 1.29 bits per heavy atom. The van der Waals surface area contributed by atoms with E-state index >= 15 is 0 Å². The second-order valence-electron chi connectivity index (χ2n) is 2.98. The zero-order valence-corrected chi connectivity index (χ0v) is 8.99. The lowest BCUT2D eigenvalue weighted by Gasteiger charge is -2.10. The molecule has 0 aliphatic rings. The van der Waals surface area contributed by atoms with E-state index < -0.39 is 0 Å². The van der Waals surface area contributed by atoms with Crippen molar-refractivity contribution in [3.05, 3.63) is 49.1 Å². The molecule has 0 saturated carbocycles. The Morgan fingerprint density at radius 3 is 2.14 bits per heavy atom. The zero-order chi connectivity index (χ0) is 11.0. The van der Waals surface area contributed by atoms with Crippen LogP contribution >= 0.6 is 0 Å². The molecule has 0 heterocycles. The van der Waals surface area contributed by atoms with E-state index in [1.807, 2.05) is 37.3 Å². The van der Waals surface area contributed by atoms with Gasteiger partial charge in [0.1, 0.15) is 5.78 Å². The van der Waals surface area contributed by atoms with Crippen LogP contribution in [0.4, 0.5) is 0 Å². The van der Waals surface area contributed by atoms with Crippen molar-refractivity contribution in [2.24, 2.45) is 0 Å². The van der Waals surface area contributed by atoms with Crippen molar-refractivity contribution in [2.75, 3.05) is 0 Å². The maximum atomic E-state index is 11.2. The highest BCUT2D eigenvalue weighted by atomic mass is 16.1. The van der Waals surface area contributed by atoms with Crippen LogP contribution in [0.3, 0.4) is 0 Å². The second kappa shape index (κ2) is 7.07. The predicted molar refractivity (Wildman–Crippen MR) is 61.4 cm³/mol. The first-order valence-electron chi connectivity index (χ1n) is 4.81. The van der Waals surface area contributed by atoms with Gasteiger partial charge < -0.3 is 0 Å². The molecular weight excluding hydrogens is 172 g/mol. The molecule has 1 aromatic carbocycles. The summed E-state index contributed by atoms with van der Waals surface area (Å²) in [6, 6.07) is 9.93. The van der Waals surface area contributed by atoms with Crippen LogP contribution in [0.5, 0.6) is 0 Å². The van der Waals surface area contributed by atoms with Crippen LogP contribution in [0.2, 0.25) is 0 Å². The smallest absolute Gasteiger partial charge is 0.137 e. The summed E-state index contributed by atoms with van der Waals surface area (Å²) in [4.78, 5) is 11.2. The molecule has 0 aliphatic heterocycles. The molecule has 1 aromatic rings. The van der Waals surface area contributed by atoms with E-state index in [9.17, 15) is 4.79 Å². The molecule has 0 saturated heterocycles. The van der Waals surface area contributed by atoms with Crippen molar-refractivity contribution in [1.29, 1.82) is 0 Å². The summed E-state index contributed by atoms with van der Waals surface area (Å²) in [5.74, 6) is 0.342. The highest BCUT2D eigenvalue weighted by Crippen LogP contribution is 2.19. The summed E-state index contributed by atoms with van der Waals surface area (Å²) >= 11 is 0. The van der Waals surface area contributed by atoms with Crippen molar-refractivity contribution < 1.29 is 4.79 Å². The first-order valence-corrected chi connectivity index (χ1v) is 4.81. The molecule has 0 radical (unpaired) electrons. The summed E-state index contributed by atoms with van der Waals surface area (Å²) in [5, 5.41) is 0. The van der Waals surface area contributed by atoms with Gasteiger partial charge in [-0.15, -0.1) is 13.2 Å². The maximum Gasteiger partial charge on any atom is 0.137 e. The van der Waals surface area contributed by atoms with E-state index in [1.165, 1.54) is 0 Å². The molecule has 0 aliphatic carbocycles.